The topological polar surface area (TPSA) is 85.2 Å². The van der Waals surface area contributed by atoms with Crippen molar-refractivity contribution in [1.82, 2.24) is 0 Å². The van der Waals surface area contributed by atoms with Gasteiger partial charge in [-0.25, -0.2) is 0 Å². The van der Waals surface area contributed by atoms with Gasteiger partial charge in [0.2, 0.25) is 0 Å². The molecule has 0 bridgehead atoms. The molecule has 0 aromatic carbocycles. The first-order valence-corrected chi connectivity index (χ1v) is 13.3. The van der Waals surface area contributed by atoms with Gasteiger partial charge in [0.05, 0.1) is 12.7 Å². The number of ether oxygens (including phenoxy) is 3. The van der Waals surface area contributed by atoms with E-state index in [0.717, 1.165) is 25.2 Å². The average Bonchev–Trinajstić information content (AvgIpc) is 2.73. The molecule has 196 valence electrons. The Bertz CT molecular complexity index is 720. The summed E-state index contributed by atoms with van der Waals surface area (Å²) in [7, 11) is 0. The first-order valence-electron chi connectivity index (χ1n) is 13.3. The summed E-state index contributed by atoms with van der Waals surface area (Å²) in [6.07, 6.45) is 4.67. The Kier molecular flexibility index (Phi) is 8.92. The molecule has 0 aromatic rings. The second-order valence-electron chi connectivity index (χ2n) is 12.3. The summed E-state index contributed by atoms with van der Waals surface area (Å²) in [4.78, 5) is 11.5. The fourth-order valence-electron chi connectivity index (χ4n) is 7.24. The third kappa shape index (κ3) is 5.88. The number of carbonyl (C=O) groups excluding carboxylic acids is 1. The summed E-state index contributed by atoms with van der Waals surface area (Å²) in [6, 6.07) is 0. The van der Waals surface area contributed by atoms with Crippen LogP contribution in [0.15, 0.2) is 12.2 Å². The molecule has 3 fully saturated rings. The van der Waals surface area contributed by atoms with Crippen LogP contribution in [0, 0.1) is 28.6 Å². The SMILES string of the molecule is C=C1CC[C@@H]2C(C)(C)CCC[C@]2(C)[C@@H]1CC[C@H](C)CCO[C@@H]1O[C@@H](C)[C@H](O)[C@@H](O)[C@H]1OC(C)=O. The van der Waals surface area contributed by atoms with Crippen LogP contribution in [0.4, 0.5) is 0 Å². The van der Waals surface area contributed by atoms with E-state index in [1.807, 2.05) is 0 Å². The van der Waals surface area contributed by atoms with Gasteiger partial charge in [-0.3, -0.25) is 4.79 Å². The Morgan fingerprint density at radius 3 is 2.59 bits per heavy atom. The van der Waals surface area contributed by atoms with Crippen molar-refractivity contribution in [3.8, 4) is 0 Å². The highest BCUT2D eigenvalue weighted by Crippen LogP contribution is 2.61. The first-order chi connectivity index (χ1) is 15.9. The average molecular weight is 481 g/mol. The highest BCUT2D eigenvalue weighted by atomic mass is 16.7. The zero-order chi connectivity index (χ0) is 25.3. The quantitative estimate of drug-likeness (QED) is 0.375. The number of esters is 1. The largest absolute Gasteiger partial charge is 0.454 e. The van der Waals surface area contributed by atoms with Crippen molar-refractivity contribution in [3.05, 3.63) is 12.2 Å². The second kappa shape index (κ2) is 11.0. The lowest BCUT2D eigenvalue weighted by atomic mass is 9.47. The Morgan fingerprint density at radius 1 is 1.21 bits per heavy atom. The minimum absolute atomic E-state index is 0.355. The van der Waals surface area contributed by atoms with Gasteiger partial charge >= 0.3 is 5.97 Å². The van der Waals surface area contributed by atoms with Gasteiger partial charge in [0, 0.05) is 6.92 Å². The molecule has 0 radical (unpaired) electrons. The van der Waals surface area contributed by atoms with E-state index in [9.17, 15) is 15.0 Å². The van der Waals surface area contributed by atoms with E-state index in [4.69, 9.17) is 14.2 Å². The Labute approximate surface area is 206 Å². The van der Waals surface area contributed by atoms with Crippen molar-refractivity contribution in [2.45, 2.75) is 124 Å². The highest BCUT2D eigenvalue weighted by molar-refractivity contribution is 5.66. The van der Waals surface area contributed by atoms with Crippen LogP contribution >= 0.6 is 0 Å². The van der Waals surface area contributed by atoms with E-state index in [-0.39, 0.29) is 0 Å². The number of fused-ring (bicyclic) bond motifs is 1. The fourth-order valence-corrected chi connectivity index (χ4v) is 7.24. The van der Waals surface area contributed by atoms with Crippen molar-refractivity contribution in [2.75, 3.05) is 6.61 Å². The van der Waals surface area contributed by atoms with Crippen LogP contribution in [0.25, 0.3) is 0 Å². The van der Waals surface area contributed by atoms with Crippen LogP contribution in [0.5, 0.6) is 0 Å². The van der Waals surface area contributed by atoms with Crippen molar-refractivity contribution in [3.63, 3.8) is 0 Å². The molecular formula is C28H48O6. The highest BCUT2D eigenvalue weighted by Gasteiger charge is 2.52. The van der Waals surface area contributed by atoms with Gasteiger partial charge in [-0.1, -0.05) is 52.7 Å². The van der Waals surface area contributed by atoms with E-state index >= 15 is 0 Å². The van der Waals surface area contributed by atoms with Gasteiger partial charge in [-0.15, -0.1) is 0 Å². The molecule has 0 aromatic heterocycles. The summed E-state index contributed by atoms with van der Waals surface area (Å²) >= 11 is 0. The molecule has 3 rings (SSSR count). The minimum Gasteiger partial charge on any atom is -0.454 e. The molecule has 9 atom stereocenters. The molecular weight excluding hydrogens is 432 g/mol. The lowest BCUT2D eigenvalue weighted by Gasteiger charge is -2.58. The zero-order valence-electron chi connectivity index (χ0n) is 22.2. The summed E-state index contributed by atoms with van der Waals surface area (Å²) in [5.74, 6) is 1.29. The molecule has 6 nitrogen and oxygen atoms in total. The predicted octanol–water partition coefficient (Wildman–Crippen LogP) is 5.01. The lowest BCUT2D eigenvalue weighted by molar-refractivity contribution is -0.297. The van der Waals surface area contributed by atoms with Crippen molar-refractivity contribution >= 4 is 5.97 Å². The van der Waals surface area contributed by atoms with E-state index in [2.05, 4.69) is 34.3 Å². The molecule has 0 spiro atoms. The third-order valence-electron chi connectivity index (χ3n) is 9.25. The van der Waals surface area contributed by atoms with Crippen molar-refractivity contribution in [2.24, 2.45) is 28.6 Å². The molecule has 1 heterocycles. The number of carbonyl (C=O) groups is 1. The number of aliphatic hydroxyl groups is 2. The maximum Gasteiger partial charge on any atom is 0.303 e. The molecule has 34 heavy (non-hydrogen) atoms. The summed E-state index contributed by atoms with van der Waals surface area (Å²) in [5, 5.41) is 20.4. The van der Waals surface area contributed by atoms with Crippen LogP contribution in [-0.4, -0.2) is 53.5 Å². The molecule has 2 aliphatic carbocycles. The molecule has 6 heteroatoms. The molecule has 1 saturated heterocycles. The summed E-state index contributed by atoms with van der Waals surface area (Å²) in [6.45, 7) is 17.6. The van der Waals surface area contributed by atoms with Crippen LogP contribution in [0.2, 0.25) is 0 Å². The maximum absolute atomic E-state index is 11.5. The number of allylic oxidation sites excluding steroid dienone is 1. The summed E-state index contributed by atoms with van der Waals surface area (Å²) < 4.78 is 16.8. The van der Waals surface area contributed by atoms with Crippen molar-refractivity contribution in [1.29, 1.82) is 0 Å². The second-order valence-corrected chi connectivity index (χ2v) is 12.3. The van der Waals surface area contributed by atoms with Crippen LogP contribution in [0.1, 0.15) is 92.9 Å². The van der Waals surface area contributed by atoms with Gasteiger partial charge in [-0.2, -0.15) is 0 Å². The Morgan fingerprint density at radius 2 is 1.91 bits per heavy atom. The Hall–Kier alpha value is -0.950. The van der Waals surface area contributed by atoms with Gasteiger partial charge in [0.25, 0.3) is 0 Å². The van der Waals surface area contributed by atoms with Crippen molar-refractivity contribution < 1.29 is 29.2 Å². The standard InChI is InChI=1S/C28H48O6/c1-17(13-16-32-26-25(34-20(4)29)24(31)23(30)19(3)33-26)9-11-21-18(2)10-12-22-27(5,6)14-8-15-28(21,22)7/h17,19,21-26,30-31H,2,8-16H2,1,3-7H3/t17-,19-,21+,22+,23-,24+,25+,26+,28+/m0/s1. The molecule has 0 unspecified atom stereocenters. The zero-order valence-corrected chi connectivity index (χ0v) is 22.2. The fraction of sp³-hybridized carbons (Fsp3) is 0.893. The number of hydrogen-bond donors (Lipinski definition) is 2. The number of aliphatic hydroxyl groups excluding tert-OH is 2. The van der Waals surface area contributed by atoms with Crippen LogP contribution in [-0.2, 0) is 19.0 Å². The van der Waals surface area contributed by atoms with E-state index < -0.39 is 36.7 Å². The predicted molar refractivity (Wildman–Crippen MR) is 132 cm³/mol. The maximum atomic E-state index is 11.5. The third-order valence-corrected chi connectivity index (χ3v) is 9.25. The Balaban J connectivity index is 1.52. The minimum atomic E-state index is -1.24. The normalized spacial score (nSPS) is 40.9. The molecule has 1 aliphatic heterocycles. The molecule has 2 saturated carbocycles. The number of hydrogen-bond acceptors (Lipinski definition) is 6. The number of rotatable bonds is 8. The van der Waals surface area contributed by atoms with E-state index in [1.54, 1.807) is 6.92 Å². The van der Waals surface area contributed by atoms with Gasteiger partial charge in [-0.05, 0) is 74.0 Å². The molecule has 2 N–H and O–H groups in total. The van der Waals surface area contributed by atoms with Crippen LogP contribution in [0.3, 0.4) is 0 Å². The summed E-state index contributed by atoms with van der Waals surface area (Å²) in [5.41, 5.74) is 2.22. The van der Waals surface area contributed by atoms with Gasteiger partial charge in [0.15, 0.2) is 12.4 Å². The van der Waals surface area contributed by atoms with Gasteiger partial charge < -0.3 is 24.4 Å². The smallest absolute Gasteiger partial charge is 0.303 e. The van der Waals surface area contributed by atoms with Crippen LogP contribution < -0.4 is 0 Å². The first kappa shape index (κ1) is 27.6. The molecule has 3 aliphatic rings. The van der Waals surface area contributed by atoms with Gasteiger partial charge in [0.1, 0.15) is 12.2 Å². The lowest BCUT2D eigenvalue weighted by Crippen LogP contribution is -2.58. The van der Waals surface area contributed by atoms with E-state index in [0.29, 0.717) is 29.3 Å². The monoisotopic (exact) mass is 480 g/mol. The molecule has 0 amide bonds. The van der Waals surface area contributed by atoms with E-state index in [1.165, 1.54) is 44.6 Å².